The van der Waals surface area contributed by atoms with Crippen LogP contribution in [0.3, 0.4) is 0 Å². The summed E-state index contributed by atoms with van der Waals surface area (Å²) >= 11 is 0. The summed E-state index contributed by atoms with van der Waals surface area (Å²) in [6.07, 6.45) is 3.08. The van der Waals surface area contributed by atoms with Gasteiger partial charge in [0.15, 0.2) is 5.96 Å². The van der Waals surface area contributed by atoms with Crippen molar-refractivity contribution in [3.8, 4) is 0 Å². The van der Waals surface area contributed by atoms with Crippen LogP contribution in [-0.4, -0.2) is 36.0 Å². The van der Waals surface area contributed by atoms with E-state index in [1.165, 1.54) is 17.2 Å². The Labute approximate surface area is 155 Å². The molecule has 4 nitrogen and oxygen atoms in total. The highest BCUT2D eigenvalue weighted by molar-refractivity contribution is 14.0. The van der Waals surface area contributed by atoms with Gasteiger partial charge in [0.2, 0.25) is 0 Å². The quantitative estimate of drug-likeness (QED) is 0.455. The standard InChI is InChI=1S/C18H24N4.HI/c1-18(2)9-11-22(13-18)17(19-3)21-12-16-15-7-5-4-6-14(15)8-10-20-16;/h4-8,10H,9,11-13H2,1-3H3,(H,19,21);1H. The number of hydrogen-bond acceptors (Lipinski definition) is 2. The molecule has 23 heavy (non-hydrogen) atoms. The number of halogens is 1. The van der Waals surface area contributed by atoms with E-state index in [1.54, 1.807) is 0 Å². The van der Waals surface area contributed by atoms with Crippen LogP contribution in [0.1, 0.15) is 26.0 Å². The van der Waals surface area contributed by atoms with Gasteiger partial charge in [-0.3, -0.25) is 9.98 Å². The van der Waals surface area contributed by atoms with E-state index in [-0.39, 0.29) is 24.0 Å². The number of benzene rings is 1. The number of fused-ring (bicyclic) bond motifs is 1. The number of guanidine groups is 1. The summed E-state index contributed by atoms with van der Waals surface area (Å²) in [5.74, 6) is 0.973. The van der Waals surface area contributed by atoms with Crippen LogP contribution in [0.5, 0.6) is 0 Å². The van der Waals surface area contributed by atoms with Crippen molar-refractivity contribution < 1.29 is 0 Å². The minimum absolute atomic E-state index is 0. The molecule has 0 unspecified atom stereocenters. The zero-order chi connectivity index (χ0) is 15.6. The fourth-order valence-electron chi connectivity index (χ4n) is 3.11. The van der Waals surface area contributed by atoms with Crippen LogP contribution < -0.4 is 5.32 Å². The first-order valence-corrected chi connectivity index (χ1v) is 7.87. The molecule has 1 aliphatic rings. The molecule has 1 saturated heterocycles. The molecule has 1 aliphatic heterocycles. The van der Waals surface area contributed by atoms with Gasteiger partial charge < -0.3 is 10.2 Å². The fraction of sp³-hybridized carbons (Fsp3) is 0.444. The lowest BCUT2D eigenvalue weighted by atomic mass is 9.93. The van der Waals surface area contributed by atoms with Crippen LogP contribution in [0.2, 0.25) is 0 Å². The van der Waals surface area contributed by atoms with Gasteiger partial charge >= 0.3 is 0 Å². The molecule has 1 fully saturated rings. The molecule has 124 valence electrons. The number of aliphatic imine (C=N–C) groups is 1. The lowest BCUT2D eigenvalue weighted by Gasteiger charge is -2.23. The summed E-state index contributed by atoms with van der Waals surface area (Å²) in [6.45, 7) is 7.44. The Morgan fingerprint density at radius 3 is 2.78 bits per heavy atom. The molecule has 0 spiro atoms. The molecule has 1 aromatic carbocycles. The minimum Gasteiger partial charge on any atom is -0.351 e. The first-order valence-electron chi connectivity index (χ1n) is 7.87. The van der Waals surface area contributed by atoms with Gasteiger partial charge in [0.25, 0.3) is 0 Å². The maximum absolute atomic E-state index is 4.53. The van der Waals surface area contributed by atoms with Gasteiger partial charge in [0, 0.05) is 31.7 Å². The Balaban J connectivity index is 0.00000192. The van der Waals surface area contributed by atoms with Crippen molar-refractivity contribution >= 4 is 40.7 Å². The molecule has 0 radical (unpaired) electrons. The molecule has 1 N–H and O–H groups in total. The van der Waals surface area contributed by atoms with Gasteiger partial charge in [-0.2, -0.15) is 0 Å². The van der Waals surface area contributed by atoms with Crippen molar-refractivity contribution in [1.29, 1.82) is 0 Å². The SMILES string of the molecule is CN=C(NCc1nccc2ccccc12)N1CCC(C)(C)C1.I. The van der Waals surface area contributed by atoms with Crippen molar-refractivity contribution in [2.24, 2.45) is 10.4 Å². The molecular formula is C18H25IN4. The summed E-state index contributed by atoms with van der Waals surface area (Å²) < 4.78 is 0. The smallest absolute Gasteiger partial charge is 0.193 e. The normalized spacial score (nSPS) is 17.2. The third-order valence-electron chi connectivity index (χ3n) is 4.36. The summed E-state index contributed by atoms with van der Waals surface area (Å²) in [7, 11) is 1.85. The zero-order valence-corrected chi connectivity index (χ0v) is 16.4. The highest BCUT2D eigenvalue weighted by atomic mass is 127. The van der Waals surface area contributed by atoms with E-state index in [2.05, 4.69) is 64.4 Å². The molecule has 0 atom stereocenters. The second-order valence-corrected chi connectivity index (χ2v) is 6.72. The molecular weight excluding hydrogens is 399 g/mol. The van der Waals surface area contributed by atoms with E-state index >= 15 is 0 Å². The van der Waals surface area contributed by atoms with Crippen molar-refractivity contribution in [2.75, 3.05) is 20.1 Å². The predicted molar refractivity (Wildman–Crippen MR) is 107 cm³/mol. The lowest BCUT2D eigenvalue weighted by molar-refractivity contribution is 0.370. The monoisotopic (exact) mass is 424 g/mol. The fourth-order valence-corrected chi connectivity index (χ4v) is 3.11. The maximum atomic E-state index is 4.53. The van der Waals surface area contributed by atoms with E-state index in [9.17, 15) is 0 Å². The van der Waals surface area contributed by atoms with Crippen LogP contribution in [0.15, 0.2) is 41.5 Å². The number of likely N-dealkylation sites (tertiary alicyclic amines) is 1. The second-order valence-electron chi connectivity index (χ2n) is 6.72. The Morgan fingerprint density at radius 1 is 1.30 bits per heavy atom. The van der Waals surface area contributed by atoms with Gasteiger partial charge in [-0.25, -0.2) is 0 Å². The summed E-state index contributed by atoms with van der Waals surface area (Å²) in [5.41, 5.74) is 1.44. The molecule has 0 amide bonds. The third-order valence-corrected chi connectivity index (χ3v) is 4.36. The number of aromatic nitrogens is 1. The van der Waals surface area contributed by atoms with E-state index < -0.39 is 0 Å². The molecule has 0 saturated carbocycles. The number of pyridine rings is 1. The van der Waals surface area contributed by atoms with Crippen molar-refractivity contribution in [1.82, 2.24) is 15.2 Å². The highest BCUT2D eigenvalue weighted by Gasteiger charge is 2.30. The summed E-state index contributed by atoms with van der Waals surface area (Å²) in [5, 5.41) is 5.90. The maximum Gasteiger partial charge on any atom is 0.193 e. The molecule has 2 aromatic rings. The lowest BCUT2D eigenvalue weighted by Crippen LogP contribution is -2.40. The van der Waals surface area contributed by atoms with Gasteiger partial charge in [-0.15, -0.1) is 24.0 Å². The van der Waals surface area contributed by atoms with Gasteiger partial charge in [0.05, 0.1) is 12.2 Å². The van der Waals surface area contributed by atoms with Crippen molar-refractivity contribution in [3.63, 3.8) is 0 Å². The molecule has 0 bridgehead atoms. The molecule has 1 aromatic heterocycles. The van der Waals surface area contributed by atoms with Crippen molar-refractivity contribution in [2.45, 2.75) is 26.8 Å². The van der Waals surface area contributed by atoms with Crippen LogP contribution in [-0.2, 0) is 6.54 Å². The minimum atomic E-state index is 0. The van der Waals surface area contributed by atoms with Crippen molar-refractivity contribution in [3.05, 3.63) is 42.2 Å². The Morgan fingerprint density at radius 2 is 2.09 bits per heavy atom. The number of hydrogen-bond donors (Lipinski definition) is 1. The number of rotatable bonds is 2. The number of nitrogens with zero attached hydrogens (tertiary/aromatic N) is 3. The largest absolute Gasteiger partial charge is 0.351 e. The Kier molecular flexibility index (Phi) is 5.84. The molecule has 2 heterocycles. The van der Waals surface area contributed by atoms with Crippen LogP contribution in [0.25, 0.3) is 10.8 Å². The third kappa shape index (κ3) is 4.13. The molecule has 3 rings (SSSR count). The first-order chi connectivity index (χ1) is 10.6. The molecule has 5 heteroatoms. The van der Waals surface area contributed by atoms with Crippen LogP contribution in [0, 0.1) is 5.41 Å². The van der Waals surface area contributed by atoms with E-state index in [4.69, 9.17) is 0 Å². The van der Waals surface area contributed by atoms with E-state index in [0.29, 0.717) is 12.0 Å². The van der Waals surface area contributed by atoms with Gasteiger partial charge in [-0.1, -0.05) is 38.1 Å². The summed E-state index contributed by atoms with van der Waals surface area (Å²) in [4.78, 5) is 11.3. The van der Waals surface area contributed by atoms with Gasteiger partial charge in [0.1, 0.15) is 0 Å². The van der Waals surface area contributed by atoms with E-state index in [0.717, 1.165) is 24.7 Å². The number of nitrogens with one attached hydrogen (secondary N) is 1. The topological polar surface area (TPSA) is 40.5 Å². The average Bonchev–Trinajstić information content (AvgIpc) is 2.88. The Hall–Kier alpha value is -1.37. The Bertz CT molecular complexity index is 691. The first kappa shape index (κ1) is 18.0. The van der Waals surface area contributed by atoms with Crippen LogP contribution in [0.4, 0.5) is 0 Å². The zero-order valence-electron chi connectivity index (χ0n) is 14.0. The predicted octanol–water partition coefficient (Wildman–Crippen LogP) is 3.66. The highest BCUT2D eigenvalue weighted by Crippen LogP contribution is 2.28. The van der Waals surface area contributed by atoms with Gasteiger partial charge in [-0.05, 0) is 23.3 Å². The second kappa shape index (κ2) is 7.47. The van der Waals surface area contributed by atoms with E-state index in [1.807, 2.05) is 13.2 Å². The summed E-state index contributed by atoms with van der Waals surface area (Å²) in [6, 6.07) is 10.4. The van der Waals surface area contributed by atoms with Crippen LogP contribution >= 0.6 is 24.0 Å². The average molecular weight is 424 g/mol. The molecule has 0 aliphatic carbocycles.